The van der Waals surface area contributed by atoms with Crippen LogP contribution in [-0.2, 0) is 5.72 Å². The number of carbonyl (C=O) groups is 2. The van der Waals surface area contributed by atoms with Gasteiger partial charge in [0.2, 0.25) is 5.95 Å². The Balaban J connectivity index is 1.34. The molecule has 6 rings (SSSR count). The number of benzene rings is 3. The number of aromatic amines is 1. The summed E-state index contributed by atoms with van der Waals surface area (Å²) >= 11 is 0. The Morgan fingerprint density at radius 2 is 1.80 bits per heavy atom. The summed E-state index contributed by atoms with van der Waals surface area (Å²) < 4.78 is 13.7. The molecule has 0 spiro atoms. The molecule has 9 nitrogen and oxygen atoms in total. The average molecular weight is 544 g/mol. The number of aliphatic hydroxyl groups is 1. The molecule has 3 aromatic carbocycles. The molecule has 0 aliphatic carbocycles. The number of hydrogen-bond acceptors (Lipinski definition) is 5. The number of likely N-dealkylation sites (tertiary alicyclic amines) is 1. The van der Waals surface area contributed by atoms with Crippen LogP contribution < -0.4 is 9.80 Å². The number of fused-ring (bicyclic) bond motifs is 2. The Morgan fingerprint density at radius 3 is 2.55 bits per heavy atom. The summed E-state index contributed by atoms with van der Waals surface area (Å²) in [6.45, 7) is 3.21. The van der Waals surface area contributed by atoms with Gasteiger partial charge in [-0.05, 0) is 81.4 Å². The summed E-state index contributed by atoms with van der Waals surface area (Å²) in [5.74, 6) is -0.675. The number of rotatable bonds is 7. The highest BCUT2D eigenvalue weighted by molar-refractivity contribution is 6.12. The lowest BCUT2D eigenvalue weighted by molar-refractivity contribution is 0.0704. The van der Waals surface area contributed by atoms with Crippen LogP contribution in [0.5, 0.6) is 0 Å². The van der Waals surface area contributed by atoms with Gasteiger partial charge in [-0.1, -0.05) is 30.7 Å². The first kappa shape index (κ1) is 26.0. The van der Waals surface area contributed by atoms with Gasteiger partial charge in [0, 0.05) is 28.9 Å². The van der Waals surface area contributed by atoms with Gasteiger partial charge in [0.1, 0.15) is 5.82 Å². The number of H-pyrrole nitrogens is 1. The first-order valence-corrected chi connectivity index (χ1v) is 13.5. The van der Waals surface area contributed by atoms with Crippen molar-refractivity contribution in [2.45, 2.75) is 31.4 Å². The van der Waals surface area contributed by atoms with E-state index in [9.17, 15) is 24.2 Å². The van der Waals surface area contributed by atoms with E-state index in [1.807, 2.05) is 0 Å². The lowest BCUT2D eigenvalue weighted by Gasteiger charge is -2.34. The Bertz CT molecular complexity index is 1570. The van der Waals surface area contributed by atoms with Crippen molar-refractivity contribution in [3.05, 3.63) is 89.2 Å². The summed E-state index contributed by atoms with van der Waals surface area (Å²) in [5, 5.41) is 22.2. The third kappa shape index (κ3) is 4.48. The zero-order valence-electron chi connectivity index (χ0n) is 21.9. The fraction of sp³-hybridized carbons (Fsp3) is 0.300. The Kier molecular flexibility index (Phi) is 6.73. The molecule has 1 saturated heterocycles. The van der Waals surface area contributed by atoms with Crippen LogP contribution >= 0.6 is 0 Å². The molecule has 0 saturated carbocycles. The van der Waals surface area contributed by atoms with Crippen LogP contribution in [0, 0.1) is 5.82 Å². The number of imidazole rings is 1. The fourth-order valence-electron chi connectivity index (χ4n) is 5.81. The molecule has 0 bridgehead atoms. The monoisotopic (exact) mass is 543 g/mol. The Morgan fingerprint density at radius 1 is 1.05 bits per heavy atom. The van der Waals surface area contributed by atoms with Crippen LogP contribution in [0.1, 0.15) is 47.2 Å². The van der Waals surface area contributed by atoms with E-state index in [-0.39, 0.29) is 5.95 Å². The zero-order chi connectivity index (χ0) is 27.9. The predicted molar refractivity (Wildman–Crippen MR) is 149 cm³/mol. The number of nitrogens with zero attached hydrogens (tertiary/aromatic N) is 4. The molecule has 2 aliphatic rings. The predicted octanol–water partition coefficient (Wildman–Crippen LogP) is 4.92. The molecule has 40 heavy (non-hydrogen) atoms. The largest absolute Gasteiger partial charge is 0.465 e. The van der Waals surface area contributed by atoms with Crippen molar-refractivity contribution in [3.8, 4) is 0 Å². The van der Waals surface area contributed by atoms with Gasteiger partial charge in [-0.2, -0.15) is 0 Å². The first-order valence-electron chi connectivity index (χ1n) is 13.5. The minimum atomic E-state index is -1.88. The summed E-state index contributed by atoms with van der Waals surface area (Å²) in [6, 6.07) is 17.2. The summed E-state index contributed by atoms with van der Waals surface area (Å²) in [4.78, 5) is 38.0. The van der Waals surface area contributed by atoms with E-state index in [2.05, 4.69) is 14.9 Å². The van der Waals surface area contributed by atoms with Crippen molar-refractivity contribution in [1.82, 2.24) is 14.9 Å². The fourth-order valence-corrected chi connectivity index (χ4v) is 5.81. The van der Waals surface area contributed by atoms with E-state index in [4.69, 9.17) is 0 Å². The molecule has 3 heterocycles. The van der Waals surface area contributed by atoms with Gasteiger partial charge < -0.3 is 20.1 Å². The van der Waals surface area contributed by atoms with Crippen LogP contribution in [0.4, 0.5) is 20.8 Å². The van der Waals surface area contributed by atoms with Crippen LogP contribution in [0.2, 0.25) is 0 Å². The van der Waals surface area contributed by atoms with Gasteiger partial charge in [-0.3, -0.25) is 9.69 Å². The molecular weight excluding hydrogens is 513 g/mol. The van der Waals surface area contributed by atoms with Crippen molar-refractivity contribution in [2.75, 3.05) is 36.0 Å². The van der Waals surface area contributed by atoms with Gasteiger partial charge >= 0.3 is 6.09 Å². The molecule has 3 N–H and O–H groups in total. The van der Waals surface area contributed by atoms with Crippen molar-refractivity contribution < 1.29 is 24.2 Å². The van der Waals surface area contributed by atoms with Gasteiger partial charge in [0.15, 0.2) is 5.72 Å². The van der Waals surface area contributed by atoms with Gasteiger partial charge in [-0.25, -0.2) is 19.1 Å². The van der Waals surface area contributed by atoms with E-state index in [0.717, 1.165) is 19.6 Å². The molecule has 0 radical (unpaired) electrons. The maximum atomic E-state index is 13.7. The third-order valence-corrected chi connectivity index (χ3v) is 7.81. The van der Waals surface area contributed by atoms with E-state index in [1.165, 1.54) is 53.3 Å². The second kappa shape index (κ2) is 10.4. The Labute approximate surface area is 230 Å². The highest BCUT2D eigenvalue weighted by atomic mass is 19.1. The second-order valence-electron chi connectivity index (χ2n) is 10.3. The second-order valence-corrected chi connectivity index (χ2v) is 10.3. The van der Waals surface area contributed by atoms with Gasteiger partial charge in [0.25, 0.3) is 5.91 Å². The quantitative estimate of drug-likeness (QED) is 0.305. The van der Waals surface area contributed by atoms with Gasteiger partial charge in [-0.15, -0.1) is 0 Å². The number of halogens is 1. The molecular formula is C30H30FN5O4. The van der Waals surface area contributed by atoms with E-state index < -0.39 is 23.5 Å². The number of hydrogen-bond donors (Lipinski definition) is 3. The van der Waals surface area contributed by atoms with Crippen LogP contribution in [0.25, 0.3) is 11.0 Å². The zero-order valence-corrected chi connectivity index (χ0v) is 21.9. The lowest BCUT2D eigenvalue weighted by Crippen LogP contribution is -2.45. The third-order valence-electron chi connectivity index (χ3n) is 7.81. The summed E-state index contributed by atoms with van der Waals surface area (Å²) in [7, 11) is 0. The summed E-state index contributed by atoms with van der Waals surface area (Å²) in [6.07, 6.45) is 3.18. The SMILES string of the molecule is O=C(O)N(CCCN1CCCCC1)c1nc2ccc(C3(O)c4ccccc4C(=O)N3c3ccc(F)cc3)cc2[nH]1. The average Bonchev–Trinajstić information content (AvgIpc) is 3.49. The molecule has 10 heteroatoms. The minimum Gasteiger partial charge on any atom is -0.465 e. The maximum Gasteiger partial charge on any atom is 0.414 e. The molecule has 1 atom stereocenters. The topological polar surface area (TPSA) is 113 Å². The van der Waals surface area contributed by atoms with Crippen LogP contribution in [0.15, 0.2) is 66.7 Å². The van der Waals surface area contributed by atoms with Crippen LogP contribution in [0.3, 0.4) is 0 Å². The first-order chi connectivity index (χ1) is 19.4. The maximum absolute atomic E-state index is 13.7. The van der Waals surface area contributed by atoms with Crippen molar-refractivity contribution in [3.63, 3.8) is 0 Å². The number of anilines is 2. The molecule has 4 aromatic rings. The minimum absolute atomic E-state index is 0.198. The Hall–Kier alpha value is -4.28. The lowest BCUT2D eigenvalue weighted by atomic mass is 9.93. The molecule has 1 fully saturated rings. The highest BCUT2D eigenvalue weighted by Gasteiger charge is 2.50. The van der Waals surface area contributed by atoms with Gasteiger partial charge in [0.05, 0.1) is 11.0 Å². The molecule has 206 valence electrons. The number of carboxylic acid groups (broad SMARTS) is 1. The molecule has 1 aromatic heterocycles. The van der Waals surface area contributed by atoms with Crippen LogP contribution in [-0.4, -0.2) is 63.3 Å². The molecule has 1 unspecified atom stereocenters. The van der Waals surface area contributed by atoms with Crippen molar-refractivity contribution >= 4 is 34.7 Å². The summed E-state index contributed by atoms with van der Waals surface area (Å²) in [5.41, 5.74) is 0.603. The van der Waals surface area contributed by atoms with E-state index in [1.54, 1.807) is 42.5 Å². The smallest absolute Gasteiger partial charge is 0.414 e. The normalized spacial score (nSPS) is 19.2. The number of carbonyl (C=O) groups excluding carboxylic acids is 1. The highest BCUT2D eigenvalue weighted by Crippen LogP contribution is 2.45. The van der Waals surface area contributed by atoms with E-state index >= 15 is 0 Å². The number of amides is 2. The number of piperidine rings is 1. The van der Waals surface area contributed by atoms with E-state index in [0.29, 0.717) is 46.4 Å². The standard InChI is InChI=1S/C30H30FN5O4/c31-21-10-12-22(13-11-21)36-27(37)23-7-2-3-8-24(23)30(36,40)20-9-14-25-26(19-20)33-28(32-25)35(29(38)39)18-6-17-34-15-4-1-5-16-34/h2-3,7-14,19,40H,1,4-6,15-18H2,(H,32,33)(H,38,39). The molecule has 2 aliphatic heterocycles. The van der Waals surface area contributed by atoms with Crippen molar-refractivity contribution in [1.29, 1.82) is 0 Å². The molecule has 2 amide bonds. The number of aromatic nitrogens is 2. The van der Waals surface area contributed by atoms with Crippen molar-refractivity contribution in [2.24, 2.45) is 0 Å². The number of nitrogens with one attached hydrogen (secondary N) is 1.